The van der Waals surface area contributed by atoms with Crippen LogP contribution in [0, 0.1) is 6.92 Å². The molecule has 1 nitrogen and oxygen atoms in total. The first-order valence-corrected chi connectivity index (χ1v) is 6.98. The summed E-state index contributed by atoms with van der Waals surface area (Å²) < 4.78 is 14.4. The normalized spacial score (nSPS) is 15.6. The first kappa shape index (κ1) is 12.9. The zero-order valence-electron chi connectivity index (χ0n) is 11.6. The summed E-state index contributed by atoms with van der Waals surface area (Å²) in [4.78, 5) is 2.10. The predicted octanol–water partition coefficient (Wildman–Crippen LogP) is 4.59. The van der Waals surface area contributed by atoms with E-state index in [9.17, 15) is 4.39 Å². The lowest BCUT2D eigenvalue weighted by Gasteiger charge is -2.30. The summed E-state index contributed by atoms with van der Waals surface area (Å²) in [7, 11) is 0. The van der Waals surface area contributed by atoms with Crippen molar-refractivity contribution in [2.24, 2.45) is 0 Å². The van der Waals surface area contributed by atoms with Crippen molar-refractivity contribution in [1.82, 2.24) is 0 Å². The maximum absolute atomic E-state index is 14.4. The van der Waals surface area contributed by atoms with E-state index in [0.29, 0.717) is 6.54 Å². The molecule has 0 atom stereocenters. The Balaban J connectivity index is 1.83. The standard InChI is InChI=1S/C18H18FN/c1-14-7-9-16(10-8-14)20-12-11-17(18(19)13-20)15-5-3-2-4-6-15/h2-10H,11-13H2,1H3. The van der Waals surface area contributed by atoms with Gasteiger partial charge in [0.05, 0.1) is 6.54 Å². The molecule has 0 spiro atoms. The van der Waals surface area contributed by atoms with Crippen molar-refractivity contribution in [2.75, 3.05) is 18.0 Å². The van der Waals surface area contributed by atoms with Crippen LogP contribution >= 0.6 is 0 Å². The van der Waals surface area contributed by atoms with E-state index in [1.807, 2.05) is 30.3 Å². The second kappa shape index (κ2) is 5.49. The minimum atomic E-state index is -0.0111. The van der Waals surface area contributed by atoms with Gasteiger partial charge in [-0.05, 0) is 36.6 Å². The molecule has 0 bridgehead atoms. The number of nitrogens with zero attached hydrogens (tertiary/aromatic N) is 1. The molecule has 0 radical (unpaired) electrons. The maximum Gasteiger partial charge on any atom is 0.123 e. The average Bonchev–Trinajstić information content (AvgIpc) is 2.49. The van der Waals surface area contributed by atoms with Gasteiger partial charge in [0.1, 0.15) is 5.83 Å². The molecule has 0 unspecified atom stereocenters. The molecule has 0 aromatic heterocycles. The molecule has 1 aliphatic rings. The Kier molecular flexibility index (Phi) is 3.55. The van der Waals surface area contributed by atoms with Crippen molar-refractivity contribution in [3.05, 3.63) is 71.6 Å². The minimum absolute atomic E-state index is 0.0111. The zero-order chi connectivity index (χ0) is 13.9. The summed E-state index contributed by atoms with van der Waals surface area (Å²) in [5.74, 6) is -0.0111. The number of benzene rings is 2. The number of rotatable bonds is 2. The third-order valence-corrected chi connectivity index (χ3v) is 3.81. The monoisotopic (exact) mass is 267 g/mol. The molecule has 1 heterocycles. The highest BCUT2D eigenvalue weighted by Crippen LogP contribution is 2.30. The van der Waals surface area contributed by atoms with Gasteiger partial charge in [-0.1, -0.05) is 48.0 Å². The Hall–Kier alpha value is -2.09. The molecule has 0 fully saturated rings. The molecule has 2 aromatic rings. The summed E-state index contributed by atoms with van der Waals surface area (Å²) in [6.07, 6.45) is 0.754. The number of halogens is 1. The lowest BCUT2D eigenvalue weighted by Crippen LogP contribution is -2.30. The van der Waals surface area contributed by atoms with Gasteiger partial charge >= 0.3 is 0 Å². The lowest BCUT2D eigenvalue weighted by molar-refractivity contribution is 0.583. The van der Waals surface area contributed by atoms with Gasteiger partial charge in [0, 0.05) is 12.2 Å². The second-order valence-electron chi connectivity index (χ2n) is 5.26. The third kappa shape index (κ3) is 2.60. The molecule has 3 rings (SSSR count). The Morgan fingerprint density at radius 3 is 2.30 bits per heavy atom. The van der Waals surface area contributed by atoms with Crippen molar-refractivity contribution < 1.29 is 4.39 Å². The molecule has 1 aliphatic heterocycles. The Labute approximate surface area is 119 Å². The molecular formula is C18H18FN. The number of aryl methyl sites for hydroxylation is 1. The summed E-state index contributed by atoms with van der Waals surface area (Å²) in [6.45, 7) is 3.29. The van der Waals surface area contributed by atoms with Crippen LogP contribution < -0.4 is 4.90 Å². The first-order chi connectivity index (χ1) is 9.74. The molecular weight excluding hydrogens is 249 g/mol. The summed E-state index contributed by atoms with van der Waals surface area (Å²) >= 11 is 0. The van der Waals surface area contributed by atoms with Crippen LogP contribution in [-0.2, 0) is 0 Å². The van der Waals surface area contributed by atoms with Gasteiger partial charge in [-0.25, -0.2) is 4.39 Å². The summed E-state index contributed by atoms with van der Waals surface area (Å²) in [5, 5.41) is 0. The lowest BCUT2D eigenvalue weighted by atomic mass is 9.98. The van der Waals surface area contributed by atoms with Crippen molar-refractivity contribution in [3.8, 4) is 0 Å². The third-order valence-electron chi connectivity index (χ3n) is 3.81. The predicted molar refractivity (Wildman–Crippen MR) is 82.5 cm³/mol. The SMILES string of the molecule is Cc1ccc(N2CCC(c3ccccc3)=C(F)C2)cc1. The van der Waals surface area contributed by atoms with Crippen LogP contribution in [0.1, 0.15) is 17.5 Å². The molecule has 0 aliphatic carbocycles. The molecule has 0 amide bonds. The van der Waals surface area contributed by atoms with E-state index in [4.69, 9.17) is 0 Å². The Morgan fingerprint density at radius 1 is 0.950 bits per heavy atom. The maximum atomic E-state index is 14.4. The zero-order valence-corrected chi connectivity index (χ0v) is 11.6. The highest BCUT2D eigenvalue weighted by Gasteiger charge is 2.20. The topological polar surface area (TPSA) is 3.24 Å². The van der Waals surface area contributed by atoms with Gasteiger partial charge in [0.15, 0.2) is 0 Å². The van der Waals surface area contributed by atoms with Crippen molar-refractivity contribution in [3.63, 3.8) is 0 Å². The van der Waals surface area contributed by atoms with Gasteiger partial charge in [-0.2, -0.15) is 0 Å². The fourth-order valence-electron chi connectivity index (χ4n) is 2.64. The van der Waals surface area contributed by atoms with Gasteiger partial charge in [0.25, 0.3) is 0 Å². The van der Waals surface area contributed by atoms with E-state index in [0.717, 1.165) is 29.8 Å². The van der Waals surface area contributed by atoms with Crippen LogP contribution in [0.4, 0.5) is 10.1 Å². The highest BCUT2D eigenvalue weighted by molar-refractivity contribution is 5.70. The van der Waals surface area contributed by atoms with Gasteiger partial charge < -0.3 is 4.90 Å². The Bertz CT molecular complexity index is 614. The fourth-order valence-corrected chi connectivity index (χ4v) is 2.64. The minimum Gasteiger partial charge on any atom is -0.364 e. The van der Waals surface area contributed by atoms with E-state index in [-0.39, 0.29) is 5.83 Å². The first-order valence-electron chi connectivity index (χ1n) is 6.98. The van der Waals surface area contributed by atoms with E-state index >= 15 is 0 Å². The van der Waals surface area contributed by atoms with E-state index in [2.05, 4.69) is 36.1 Å². The molecule has 2 aromatic carbocycles. The van der Waals surface area contributed by atoms with Crippen LogP contribution in [-0.4, -0.2) is 13.1 Å². The summed E-state index contributed by atoms with van der Waals surface area (Å²) in [6, 6.07) is 18.1. The van der Waals surface area contributed by atoms with Crippen LogP contribution in [0.15, 0.2) is 60.4 Å². The molecule has 2 heteroatoms. The quantitative estimate of drug-likeness (QED) is 0.769. The molecule has 0 N–H and O–H groups in total. The highest BCUT2D eigenvalue weighted by atomic mass is 19.1. The van der Waals surface area contributed by atoms with Crippen molar-refractivity contribution in [1.29, 1.82) is 0 Å². The number of hydrogen-bond donors (Lipinski definition) is 0. The second-order valence-corrected chi connectivity index (χ2v) is 5.26. The smallest absolute Gasteiger partial charge is 0.123 e. The molecule has 102 valence electrons. The van der Waals surface area contributed by atoms with Crippen LogP contribution in [0.3, 0.4) is 0 Å². The van der Waals surface area contributed by atoms with E-state index < -0.39 is 0 Å². The van der Waals surface area contributed by atoms with Crippen molar-refractivity contribution in [2.45, 2.75) is 13.3 Å². The average molecular weight is 267 g/mol. The number of anilines is 1. The fraction of sp³-hybridized carbons (Fsp3) is 0.222. The summed E-state index contributed by atoms with van der Waals surface area (Å²) in [5.41, 5.74) is 4.19. The van der Waals surface area contributed by atoms with E-state index in [1.165, 1.54) is 5.56 Å². The van der Waals surface area contributed by atoms with Gasteiger partial charge in [0.2, 0.25) is 0 Å². The van der Waals surface area contributed by atoms with Crippen LogP contribution in [0.2, 0.25) is 0 Å². The van der Waals surface area contributed by atoms with E-state index in [1.54, 1.807) is 0 Å². The molecule has 20 heavy (non-hydrogen) atoms. The Morgan fingerprint density at radius 2 is 1.65 bits per heavy atom. The number of hydrogen-bond acceptors (Lipinski definition) is 1. The molecule has 0 saturated carbocycles. The largest absolute Gasteiger partial charge is 0.364 e. The van der Waals surface area contributed by atoms with Crippen LogP contribution in [0.25, 0.3) is 5.57 Å². The van der Waals surface area contributed by atoms with Gasteiger partial charge in [-0.3, -0.25) is 0 Å². The van der Waals surface area contributed by atoms with Gasteiger partial charge in [-0.15, -0.1) is 0 Å². The van der Waals surface area contributed by atoms with Crippen molar-refractivity contribution >= 4 is 11.3 Å². The molecule has 0 saturated heterocycles. The van der Waals surface area contributed by atoms with Crippen LogP contribution in [0.5, 0.6) is 0 Å².